The van der Waals surface area contributed by atoms with Crippen molar-refractivity contribution >= 4 is 23.3 Å². The monoisotopic (exact) mass is 350 g/mol. The van der Waals surface area contributed by atoms with E-state index in [-0.39, 0.29) is 18.6 Å². The molecule has 0 aliphatic heterocycles. The predicted octanol–water partition coefficient (Wildman–Crippen LogP) is 3.09. The van der Waals surface area contributed by atoms with Gasteiger partial charge in [-0.2, -0.15) is 5.26 Å². The second-order valence-corrected chi connectivity index (χ2v) is 5.57. The summed E-state index contributed by atoms with van der Waals surface area (Å²) in [6.07, 6.45) is -1.14. The average molecular weight is 350 g/mol. The van der Waals surface area contributed by atoms with Gasteiger partial charge in [-0.3, -0.25) is 14.4 Å². The summed E-state index contributed by atoms with van der Waals surface area (Å²) in [6, 6.07) is 17.1. The minimum atomic E-state index is -1.04. The molecule has 0 aromatic heterocycles. The van der Waals surface area contributed by atoms with Crippen molar-refractivity contribution in [2.75, 3.05) is 5.32 Å². The van der Waals surface area contributed by atoms with Gasteiger partial charge in [0, 0.05) is 12.0 Å². The maximum absolute atomic E-state index is 12.1. The molecule has 0 radical (unpaired) electrons. The Morgan fingerprint density at radius 2 is 1.69 bits per heavy atom. The maximum Gasteiger partial charge on any atom is 0.307 e. The highest BCUT2D eigenvalue weighted by Crippen LogP contribution is 2.14. The Bertz CT molecular complexity index is 840. The molecular weight excluding hydrogens is 332 g/mol. The number of ketones is 1. The molecule has 2 rings (SSSR count). The Morgan fingerprint density at radius 1 is 1.04 bits per heavy atom. The lowest BCUT2D eigenvalue weighted by Crippen LogP contribution is -2.30. The standard InChI is InChI=1S/C20H18N2O4/c1-14(20(25)22-17-10-6-5-9-16(17)13-21)26-19(24)12-11-18(23)15-7-3-2-4-8-15/h2-10,14H,11-12H2,1H3,(H,22,25)/t14-/m0/s1. The van der Waals surface area contributed by atoms with E-state index in [4.69, 9.17) is 10.00 Å². The molecule has 2 aromatic carbocycles. The van der Waals surface area contributed by atoms with Gasteiger partial charge in [0.15, 0.2) is 11.9 Å². The molecule has 0 fully saturated rings. The number of rotatable bonds is 7. The molecule has 1 N–H and O–H groups in total. The number of nitrogens with zero attached hydrogens (tertiary/aromatic N) is 1. The number of ether oxygens (including phenoxy) is 1. The largest absolute Gasteiger partial charge is 0.453 e. The van der Waals surface area contributed by atoms with E-state index >= 15 is 0 Å². The Kier molecular flexibility index (Phi) is 6.63. The molecular formula is C20H18N2O4. The van der Waals surface area contributed by atoms with Crippen LogP contribution < -0.4 is 5.32 Å². The van der Waals surface area contributed by atoms with Crippen molar-refractivity contribution in [2.24, 2.45) is 0 Å². The zero-order valence-electron chi connectivity index (χ0n) is 14.3. The smallest absolute Gasteiger partial charge is 0.307 e. The number of amides is 1. The number of benzene rings is 2. The predicted molar refractivity (Wildman–Crippen MR) is 95.3 cm³/mol. The number of carbonyl (C=O) groups excluding carboxylic acids is 3. The molecule has 132 valence electrons. The van der Waals surface area contributed by atoms with Crippen LogP contribution in [0.15, 0.2) is 54.6 Å². The number of hydrogen-bond acceptors (Lipinski definition) is 5. The van der Waals surface area contributed by atoms with Crippen LogP contribution in [-0.4, -0.2) is 23.8 Å². The molecule has 26 heavy (non-hydrogen) atoms. The summed E-state index contributed by atoms with van der Waals surface area (Å²) in [5.41, 5.74) is 1.19. The number of esters is 1. The van der Waals surface area contributed by atoms with Gasteiger partial charge < -0.3 is 10.1 Å². The number of anilines is 1. The highest BCUT2D eigenvalue weighted by molar-refractivity contribution is 5.98. The van der Waals surface area contributed by atoms with E-state index in [2.05, 4.69) is 5.32 Å². The van der Waals surface area contributed by atoms with Crippen LogP contribution in [-0.2, 0) is 14.3 Å². The summed E-state index contributed by atoms with van der Waals surface area (Å²) in [6.45, 7) is 1.43. The van der Waals surface area contributed by atoms with Gasteiger partial charge in [0.25, 0.3) is 5.91 Å². The van der Waals surface area contributed by atoms with Crippen LogP contribution in [0.1, 0.15) is 35.7 Å². The van der Waals surface area contributed by atoms with Crippen molar-refractivity contribution in [3.8, 4) is 6.07 Å². The summed E-state index contributed by atoms with van der Waals surface area (Å²) in [4.78, 5) is 35.9. The highest BCUT2D eigenvalue weighted by Gasteiger charge is 2.19. The molecule has 1 atom stereocenters. The van der Waals surface area contributed by atoms with Crippen LogP contribution in [0.4, 0.5) is 5.69 Å². The number of nitriles is 1. The van der Waals surface area contributed by atoms with E-state index in [9.17, 15) is 14.4 Å². The van der Waals surface area contributed by atoms with Crippen LogP contribution in [0, 0.1) is 11.3 Å². The molecule has 0 aliphatic carbocycles. The fourth-order valence-electron chi connectivity index (χ4n) is 2.22. The first-order valence-corrected chi connectivity index (χ1v) is 8.09. The van der Waals surface area contributed by atoms with Crippen molar-refractivity contribution in [3.05, 3.63) is 65.7 Å². The molecule has 2 aromatic rings. The van der Waals surface area contributed by atoms with Crippen LogP contribution in [0.2, 0.25) is 0 Å². The molecule has 6 nitrogen and oxygen atoms in total. The maximum atomic E-state index is 12.1. The molecule has 1 amide bonds. The van der Waals surface area contributed by atoms with Crippen LogP contribution in [0.25, 0.3) is 0 Å². The number of carbonyl (C=O) groups is 3. The second kappa shape index (κ2) is 9.14. The minimum Gasteiger partial charge on any atom is -0.453 e. The van der Waals surface area contributed by atoms with Crippen LogP contribution in [0.3, 0.4) is 0 Å². The number of Topliss-reactive ketones (excluding diaryl/α,β-unsaturated/α-hetero) is 1. The van der Waals surface area contributed by atoms with Gasteiger partial charge in [0.2, 0.25) is 0 Å². The summed E-state index contributed by atoms with van der Waals surface area (Å²) in [5, 5.41) is 11.6. The van der Waals surface area contributed by atoms with E-state index < -0.39 is 18.0 Å². The first-order valence-electron chi connectivity index (χ1n) is 8.09. The van der Waals surface area contributed by atoms with Gasteiger partial charge >= 0.3 is 5.97 Å². The minimum absolute atomic E-state index is 0.00838. The average Bonchev–Trinajstić information content (AvgIpc) is 2.67. The highest BCUT2D eigenvalue weighted by atomic mass is 16.5. The van der Waals surface area contributed by atoms with E-state index in [1.807, 2.05) is 6.07 Å². The lowest BCUT2D eigenvalue weighted by Gasteiger charge is -2.14. The molecule has 0 aliphatic rings. The van der Waals surface area contributed by atoms with E-state index in [0.717, 1.165) is 0 Å². The SMILES string of the molecule is C[C@H](OC(=O)CCC(=O)c1ccccc1)C(=O)Nc1ccccc1C#N. The van der Waals surface area contributed by atoms with Gasteiger partial charge in [-0.25, -0.2) is 0 Å². The Balaban J connectivity index is 1.83. The van der Waals surface area contributed by atoms with Crippen LogP contribution >= 0.6 is 0 Å². The molecule has 0 saturated heterocycles. The zero-order valence-corrected chi connectivity index (χ0v) is 14.3. The fourth-order valence-corrected chi connectivity index (χ4v) is 2.22. The number of nitrogens with one attached hydrogen (secondary N) is 1. The normalized spacial score (nSPS) is 11.1. The molecule has 0 spiro atoms. The third kappa shape index (κ3) is 5.28. The fraction of sp³-hybridized carbons (Fsp3) is 0.200. The van der Waals surface area contributed by atoms with Gasteiger partial charge in [0.05, 0.1) is 17.7 Å². The topological polar surface area (TPSA) is 96.3 Å². The zero-order chi connectivity index (χ0) is 18.9. The van der Waals surface area contributed by atoms with E-state index in [1.165, 1.54) is 6.92 Å². The molecule has 0 saturated carbocycles. The molecule has 6 heteroatoms. The van der Waals surface area contributed by atoms with Crippen molar-refractivity contribution < 1.29 is 19.1 Å². The van der Waals surface area contributed by atoms with Gasteiger partial charge in [-0.05, 0) is 19.1 Å². The Morgan fingerprint density at radius 3 is 2.38 bits per heavy atom. The quantitative estimate of drug-likeness (QED) is 0.611. The van der Waals surface area contributed by atoms with E-state index in [0.29, 0.717) is 16.8 Å². The van der Waals surface area contributed by atoms with Crippen molar-refractivity contribution in [1.82, 2.24) is 0 Å². The summed E-state index contributed by atoms with van der Waals surface area (Å²) < 4.78 is 5.06. The second-order valence-electron chi connectivity index (χ2n) is 5.57. The van der Waals surface area contributed by atoms with E-state index in [1.54, 1.807) is 54.6 Å². The Hall–Kier alpha value is -3.46. The third-order valence-corrected chi connectivity index (χ3v) is 3.63. The first-order chi connectivity index (χ1) is 12.5. The molecule has 0 heterocycles. The van der Waals surface area contributed by atoms with Gasteiger partial charge in [-0.1, -0.05) is 42.5 Å². The summed E-state index contributed by atoms with van der Waals surface area (Å²) in [5.74, 6) is -1.34. The summed E-state index contributed by atoms with van der Waals surface area (Å²) in [7, 11) is 0. The summed E-state index contributed by atoms with van der Waals surface area (Å²) >= 11 is 0. The van der Waals surface area contributed by atoms with Crippen molar-refractivity contribution in [3.63, 3.8) is 0 Å². The number of hydrogen-bond donors (Lipinski definition) is 1. The lowest BCUT2D eigenvalue weighted by molar-refractivity contribution is -0.153. The first kappa shape index (κ1) is 18.9. The third-order valence-electron chi connectivity index (χ3n) is 3.63. The van der Waals surface area contributed by atoms with Crippen molar-refractivity contribution in [2.45, 2.75) is 25.9 Å². The molecule has 0 unspecified atom stereocenters. The Labute approximate surface area is 151 Å². The van der Waals surface area contributed by atoms with Crippen molar-refractivity contribution in [1.29, 1.82) is 5.26 Å². The van der Waals surface area contributed by atoms with Gasteiger partial charge in [-0.15, -0.1) is 0 Å². The number of para-hydroxylation sites is 1. The molecule has 0 bridgehead atoms. The lowest BCUT2D eigenvalue weighted by atomic mass is 10.1. The van der Waals surface area contributed by atoms with Gasteiger partial charge in [0.1, 0.15) is 6.07 Å². The van der Waals surface area contributed by atoms with Crippen LogP contribution in [0.5, 0.6) is 0 Å².